The van der Waals surface area contributed by atoms with Crippen LogP contribution >= 0.6 is 0 Å². The maximum absolute atomic E-state index is 12.9. The van der Waals surface area contributed by atoms with Crippen molar-refractivity contribution in [1.29, 1.82) is 0 Å². The van der Waals surface area contributed by atoms with E-state index >= 15 is 0 Å². The van der Waals surface area contributed by atoms with Gasteiger partial charge in [-0.05, 0) is 30.7 Å². The average Bonchev–Trinajstić information content (AvgIpc) is 2.62. The maximum Gasteiger partial charge on any atom is 0.261 e. The number of amides is 1. The zero-order valence-corrected chi connectivity index (χ0v) is 15.0. The number of carbonyl (C=O) groups is 1. The highest BCUT2D eigenvalue weighted by molar-refractivity contribution is 5.94. The van der Waals surface area contributed by atoms with E-state index in [1.807, 2.05) is 38.1 Å². The number of aromatic amines is 1. The van der Waals surface area contributed by atoms with Crippen molar-refractivity contribution in [2.24, 2.45) is 0 Å². The summed E-state index contributed by atoms with van der Waals surface area (Å²) in [5, 5.41) is 0. The molecule has 3 rings (SSSR count). The number of pyridine rings is 1. The molecule has 0 bridgehead atoms. The van der Waals surface area contributed by atoms with Crippen LogP contribution in [-0.2, 0) is 0 Å². The number of hydrogen-bond donors (Lipinski definition) is 1. The van der Waals surface area contributed by atoms with Gasteiger partial charge in [0, 0.05) is 25.3 Å². The number of carbonyl (C=O) groups excluding carboxylic acids is 1. The van der Waals surface area contributed by atoms with Crippen molar-refractivity contribution in [3.8, 4) is 0 Å². The minimum absolute atomic E-state index is 0.146. The van der Waals surface area contributed by atoms with E-state index in [0.717, 1.165) is 12.2 Å². The van der Waals surface area contributed by atoms with E-state index in [1.54, 1.807) is 11.0 Å². The molecule has 0 spiro atoms. The number of aromatic nitrogens is 1. The van der Waals surface area contributed by atoms with Crippen molar-refractivity contribution in [3.63, 3.8) is 0 Å². The second-order valence-corrected chi connectivity index (χ2v) is 6.97. The van der Waals surface area contributed by atoms with Gasteiger partial charge in [0.1, 0.15) is 5.56 Å². The van der Waals surface area contributed by atoms with E-state index in [1.165, 1.54) is 5.56 Å². The first-order chi connectivity index (χ1) is 12.0. The molecule has 0 aliphatic carbocycles. The number of likely N-dealkylation sites (N-methyl/N-ethyl adjacent to an activating group) is 1. The van der Waals surface area contributed by atoms with E-state index in [-0.39, 0.29) is 29.0 Å². The summed E-state index contributed by atoms with van der Waals surface area (Å²) in [6.45, 7) is 6.03. The summed E-state index contributed by atoms with van der Waals surface area (Å²) < 4.78 is 0. The Bertz CT molecular complexity index is 798. The van der Waals surface area contributed by atoms with Gasteiger partial charge in [0.2, 0.25) is 0 Å². The van der Waals surface area contributed by atoms with Crippen LogP contribution in [0, 0.1) is 0 Å². The highest BCUT2D eigenvalue weighted by atomic mass is 16.2. The molecule has 1 aliphatic rings. The van der Waals surface area contributed by atoms with Gasteiger partial charge in [-0.1, -0.05) is 44.2 Å². The Balaban J connectivity index is 1.82. The first-order valence-corrected chi connectivity index (χ1v) is 8.75. The SMILES string of the molecule is CC(C)c1ccc(C(=O)N2CCN(C)C(c3ccccc3)C2)c(=O)[nH]1. The van der Waals surface area contributed by atoms with E-state index in [0.29, 0.717) is 13.1 Å². The van der Waals surface area contributed by atoms with Crippen LogP contribution in [-0.4, -0.2) is 47.4 Å². The van der Waals surface area contributed by atoms with Gasteiger partial charge in [0.25, 0.3) is 11.5 Å². The molecule has 1 amide bonds. The van der Waals surface area contributed by atoms with Crippen molar-refractivity contribution in [3.05, 3.63) is 69.6 Å². The molecule has 0 radical (unpaired) electrons. The van der Waals surface area contributed by atoms with E-state index in [2.05, 4.69) is 29.1 Å². The predicted octanol–water partition coefficient (Wildman–Crippen LogP) is 2.63. The Labute approximate surface area is 148 Å². The van der Waals surface area contributed by atoms with Gasteiger partial charge in [-0.2, -0.15) is 0 Å². The first-order valence-electron chi connectivity index (χ1n) is 8.75. The molecular weight excluding hydrogens is 314 g/mol. The maximum atomic E-state index is 12.9. The van der Waals surface area contributed by atoms with Gasteiger partial charge in [-0.3, -0.25) is 14.5 Å². The summed E-state index contributed by atoms with van der Waals surface area (Å²) >= 11 is 0. The zero-order valence-electron chi connectivity index (χ0n) is 15.0. The average molecular weight is 339 g/mol. The molecule has 5 heteroatoms. The molecule has 1 saturated heterocycles. The minimum atomic E-state index is -0.300. The summed E-state index contributed by atoms with van der Waals surface area (Å²) in [5.41, 5.74) is 1.96. The molecule has 1 unspecified atom stereocenters. The van der Waals surface area contributed by atoms with Gasteiger partial charge in [0.15, 0.2) is 0 Å². The quantitative estimate of drug-likeness (QED) is 0.935. The topological polar surface area (TPSA) is 56.4 Å². The van der Waals surface area contributed by atoms with Crippen LogP contribution in [0.2, 0.25) is 0 Å². The smallest absolute Gasteiger partial charge is 0.261 e. The monoisotopic (exact) mass is 339 g/mol. The number of hydrogen-bond acceptors (Lipinski definition) is 3. The van der Waals surface area contributed by atoms with Crippen LogP contribution in [0.15, 0.2) is 47.3 Å². The van der Waals surface area contributed by atoms with Crippen LogP contribution < -0.4 is 5.56 Å². The van der Waals surface area contributed by atoms with Gasteiger partial charge < -0.3 is 9.88 Å². The van der Waals surface area contributed by atoms with Crippen molar-refractivity contribution in [2.45, 2.75) is 25.8 Å². The van der Waals surface area contributed by atoms with Crippen LogP contribution in [0.4, 0.5) is 0 Å². The Hall–Kier alpha value is -2.40. The van der Waals surface area contributed by atoms with Crippen LogP contribution in [0.1, 0.15) is 47.4 Å². The van der Waals surface area contributed by atoms with Gasteiger partial charge in [-0.15, -0.1) is 0 Å². The number of rotatable bonds is 3. The molecule has 1 N–H and O–H groups in total. The number of H-pyrrole nitrogens is 1. The molecule has 2 aromatic rings. The summed E-state index contributed by atoms with van der Waals surface area (Å²) in [6, 6.07) is 13.8. The summed E-state index contributed by atoms with van der Waals surface area (Å²) in [6.07, 6.45) is 0. The lowest BCUT2D eigenvalue weighted by atomic mass is 10.0. The van der Waals surface area contributed by atoms with E-state index in [4.69, 9.17) is 0 Å². The minimum Gasteiger partial charge on any atom is -0.335 e. The third-order valence-corrected chi connectivity index (χ3v) is 4.90. The Morgan fingerprint density at radius 2 is 1.84 bits per heavy atom. The summed E-state index contributed by atoms with van der Waals surface area (Å²) in [5.74, 6) is 0.0357. The third kappa shape index (κ3) is 3.66. The second kappa shape index (κ2) is 7.23. The lowest BCUT2D eigenvalue weighted by molar-refractivity contribution is 0.0544. The van der Waals surface area contributed by atoms with Crippen LogP contribution in [0.5, 0.6) is 0 Å². The Morgan fingerprint density at radius 3 is 2.48 bits per heavy atom. The lowest BCUT2D eigenvalue weighted by Gasteiger charge is -2.39. The molecule has 5 nitrogen and oxygen atoms in total. The first kappa shape index (κ1) is 17.4. The molecular formula is C20H25N3O2. The fourth-order valence-corrected chi connectivity index (χ4v) is 3.26. The number of piperazine rings is 1. The number of benzene rings is 1. The summed E-state index contributed by atoms with van der Waals surface area (Å²) in [4.78, 5) is 32.1. The normalized spacial score (nSPS) is 18.6. The molecule has 1 aliphatic heterocycles. The molecule has 25 heavy (non-hydrogen) atoms. The Kier molecular flexibility index (Phi) is 5.04. The van der Waals surface area contributed by atoms with Gasteiger partial charge >= 0.3 is 0 Å². The highest BCUT2D eigenvalue weighted by Gasteiger charge is 2.29. The largest absolute Gasteiger partial charge is 0.335 e. The van der Waals surface area contributed by atoms with Crippen molar-refractivity contribution >= 4 is 5.91 Å². The predicted molar refractivity (Wildman–Crippen MR) is 98.9 cm³/mol. The number of nitrogens with zero attached hydrogens (tertiary/aromatic N) is 2. The molecule has 2 heterocycles. The van der Waals surface area contributed by atoms with Crippen molar-refractivity contribution < 1.29 is 4.79 Å². The standard InChI is InChI=1S/C20H25N3O2/c1-14(2)17-10-9-16(19(24)21-17)20(25)23-12-11-22(3)18(13-23)15-7-5-4-6-8-15/h4-10,14,18H,11-13H2,1-3H3,(H,21,24). The molecule has 1 atom stereocenters. The van der Waals surface area contributed by atoms with E-state index < -0.39 is 0 Å². The fourth-order valence-electron chi connectivity index (χ4n) is 3.26. The highest BCUT2D eigenvalue weighted by Crippen LogP contribution is 2.24. The third-order valence-electron chi connectivity index (χ3n) is 4.90. The number of nitrogens with one attached hydrogen (secondary N) is 1. The Morgan fingerprint density at radius 1 is 1.12 bits per heavy atom. The molecule has 1 fully saturated rings. The fraction of sp³-hybridized carbons (Fsp3) is 0.400. The molecule has 132 valence electrons. The molecule has 0 saturated carbocycles. The lowest BCUT2D eigenvalue weighted by Crippen LogP contribution is -2.49. The zero-order chi connectivity index (χ0) is 18.0. The van der Waals surface area contributed by atoms with Crippen molar-refractivity contribution in [2.75, 3.05) is 26.7 Å². The van der Waals surface area contributed by atoms with Gasteiger partial charge in [-0.25, -0.2) is 0 Å². The van der Waals surface area contributed by atoms with Gasteiger partial charge in [0.05, 0.1) is 6.04 Å². The van der Waals surface area contributed by atoms with Crippen LogP contribution in [0.25, 0.3) is 0 Å². The molecule has 1 aromatic carbocycles. The second-order valence-electron chi connectivity index (χ2n) is 6.97. The van der Waals surface area contributed by atoms with Crippen LogP contribution in [0.3, 0.4) is 0 Å². The summed E-state index contributed by atoms with van der Waals surface area (Å²) in [7, 11) is 2.07. The van der Waals surface area contributed by atoms with E-state index in [9.17, 15) is 9.59 Å². The van der Waals surface area contributed by atoms with Crippen molar-refractivity contribution in [1.82, 2.24) is 14.8 Å². The molecule has 1 aromatic heterocycles.